The van der Waals surface area contributed by atoms with E-state index in [4.69, 9.17) is 0 Å². The van der Waals surface area contributed by atoms with Crippen LogP contribution in [0.4, 0.5) is 0 Å². The Bertz CT molecular complexity index is 289. The van der Waals surface area contributed by atoms with Gasteiger partial charge in [-0.15, -0.1) is 0 Å². The number of hydrogen-bond donors (Lipinski definition) is 1. The van der Waals surface area contributed by atoms with E-state index in [1.165, 1.54) is 5.56 Å². The molecule has 1 N–H and O–H groups in total. The van der Waals surface area contributed by atoms with Crippen LogP contribution in [-0.4, -0.2) is 16.2 Å². The average Bonchev–Trinajstić information content (AvgIpc) is 2.24. The van der Waals surface area contributed by atoms with Crippen molar-refractivity contribution in [3.8, 4) is 0 Å². The van der Waals surface area contributed by atoms with Crippen LogP contribution in [0.1, 0.15) is 45.6 Å². The number of nitrogens with zero attached hydrogens (tertiary/aromatic N) is 1. The molecular weight excluding hydrogens is 198 g/mol. The molecule has 1 atom stereocenters. The molecule has 1 aromatic heterocycles. The van der Waals surface area contributed by atoms with Gasteiger partial charge in [0.25, 0.3) is 0 Å². The van der Waals surface area contributed by atoms with E-state index in [1.54, 1.807) is 6.20 Å². The van der Waals surface area contributed by atoms with Crippen molar-refractivity contribution in [1.82, 2.24) is 4.98 Å². The molecule has 1 aromatic rings. The molecule has 0 radical (unpaired) electrons. The van der Waals surface area contributed by atoms with Gasteiger partial charge >= 0.3 is 0 Å². The van der Waals surface area contributed by atoms with Gasteiger partial charge in [0, 0.05) is 12.4 Å². The molecule has 0 spiro atoms. The summed E-state index contributed by atoms with van der Waals surface area (Å²) in [5.41, 5.74) is 1.52. The van der Waals surface area contributed by atoms with Gasteiger partial charge in [-0.05, 0) is 42.7 Å². The summed E-state index contributed by atoms with van der Waals surface area (Å²) in [5.74, 6) is 0. The van der Waals surface area contributed by atoms with Gasteiger partial charge in [0.2, 0.25) is 0 Å². The molecule has 1 unspecified atom stereocenters. The zero-order valence-electron chi connectivity index (χ0n) is 10.6. The molecule has 0 aliphatic rings. The Morgan fingerprint density at radius 1 is 1.31 bits per heavy atom. The van der Waals surface area contributed by atoms with Gasteiger partial charge in [0.1, 0.15) is 0 Å². The summed E-state index contributed by atoms with van der Waals surface area (Å²) in [5, 5.41) is 9.85. The predicted octanol–water partition coefficient (Wildman–Crippen LogP) is 3.20. The van der Waals surface area contributed by atoms with Gasteiger partial charge in [0.05, 0.1) is 6.10 Å². The Morgan fingerprint density at radius 3 is 2.62 bits per heavy atom. The van der Waals surface area contributed by atoms with Gasteiger partial charge in [-0.1, -0.05) is 26.8 Å². The number of aliphatic hydroxyl groups is 1. The standard InChI is InChI=1S/C14H23NO/c1-14(2,3)9-8-13(16)7-6-12-5-4-10-15-11-12/h4-5,10-11,13,16H,6-9H2,1-3H3. The van der Waals surface area contributed by atoms with Crippen LogP contribution in [0.3, 0.4) is 0 Å². The zero-order chi connectivity index (χ0) is 12.0. The third-order valence-corrected chi connectivity index (χ3v) is 2.72. The molecule has 0 saturated heterocycles. The van der Waals surface area contributed by atoms with E-state index in [1.807, 2.05) is 12.3 Å². The number of aromatic nitrogens is 1. The normalized spacial score (nSPS) is 13.8. The Hall–Kier alpha value is -0.890. The summed E-state index contributed by atoms with van der Waals surface area (Å²) >= 11 is 0. The summed E-state index contributed by atoms with van der Waals surface area (Å²) in [6, 6.07) is 4.00. The van der Waals surface area contributed by atoms with Crippen molar-refractivity contribution in [2.75, 3.05) is 0 Å². The van der Waals surface area contributed by atoms with Crippen molar-refractivity contribution in [2.24, 2.45) is 5.41 Å². The number of rotatable bonds is 5. The molecule has 1 heterocycles. The Kier molecular flexibility index (Phi) is 4.94. The van der Waals surface area contributed by atoms with Crippen LogP contribution in [0.5, 0.6) is 0 Å². The lowest BCUT2D eigenvalue weighted by molar-refractivity contribution is 0.137. The second kappa shape index (κ2) is 6.00. The van der Waals surface area contributed by atoms with Crippen molar-refractivity contribution in [3.63, 3.8) is 0 Å². The van der Waals surface area contributed by atoms with Gasteiger partial charge in [0.15, 0.2) is 0 Å². The van der Waals surface area contributed by atoms with Crippen molar-refractivity contribution in [1.29, 1.82) is 0 Å². The fourth-order valence-corrected chi connectivity index (χ4v) is 1.62. The van der Waals surface area contributed by atoms with Crippen LogP contribution in [0.25, 0.3) is 0 Å². The summed E-state index contributed by atoms with van der Waals surface area (Å²) in [4.78, 5) is 4.07. The van der Waals surface area contributed by atoms with Crippen molar-refractivity contribution in [3.05, 3.63) is 30.1 Å². The molecule has 0 aromatic carbocycles. The summed E-state index contributed by atoms with van der Waals surface area (Å²) in [6.45, 7) is 6.63. The lowest BCUT2D eigenvalue weighted by atomic mass is 9.88. The fourth-order valence-electron chi connectivity index (χ4n) is 1.62. The summed E-state index contributed by atoms with van der Waals surface area (Å²) in [6.07, 6.45) is 7.18. The molecule has 0 aliphatic heterocycles. The first-order valence-corrected chi connectivity index (χ1v) is 6.04. The van der Waals surface area contributed by atoms with Gasteiger partial charge < -0.3 is 5.11 Å². The monoisotopic (exact) mass is 221 g/mol. The quantitative estimate of drug-likeness (QED) is 0.828. The zero-order valence-corrected chi connectivity index (χ0v) is 10.6. The minimum absolute atomic E-state index is 0.181. The highest BCUT2D eigenvalue weighted by Gasteiger charge is 2.13. The summed E-state index contributed by atoms with van der Waals surface area (Å²) < 4.78 is 0. The molecular formula is C14H23NO. The largest absolute Gasteiger partial charge is 0.393 e. The van der Waals surface area contributed by atoms with E-state index < -0.39 is 0 Å². The van der Waals surface area contributed by atoms with Crippen LogP contribution in [0, 0.1) is 5.41 Å². The molecule has 2 nitrogen and oxygen atoms in total. The van der Waals surface area contributed by atoms with Crippen LogP contribution >= 0.6 is 0 Å². The first-order chi connectivity index (χ1) is 7.47. The maximum Gasteiger partial charge on any atom is 0.0543 e. The second-order valence-corrected chi connectivity index (χ2v) is 5.65. The number of pyridine rings is 1. The molecule has 0 aliphatic carbocycles. The third kappa shape index (κ3) is 5.86. The Balaban J connectivity index is 2.23. The topological polar surface area (TPSA) is 33.1 Å². The van der Waals surface area contributed by atoms with E-state index >= 15 is 0 Å². The highest BCUT2D eigenvalue weighted by atomic mass is 16.3. The first-order valence-electron chi connectivity index (χ1n) is 6.04. The fraction of sp³-hybridized carbons (Fsp3) is 0.643. The van der Waals surface area contributed by atoms with Gasteiger partial charge in [-0.2, -0.15) is 0 Å². The smallest absolute Gasteiger partial charge is 0.0543 e. The van der Waals surface area contributed by atoms with Crippen molar-refractivity contribution >= 4 is 0 Å². The molecule has 0 saturated carbocycles. The molecule has 2 heteroatoms. The lowest BCUT2D eigenvalue weighted by Gasteiger charge is -2.20. The van der Waals surface area contributed by atoms with E-state index in [-0.39, 0.29) is 6.10 Å². The second-order valence-electron chi connectivity index (χ2n) is 5.65. The molecule has 0 fully saturated rings. The van der Waals surface area contributed by atoms with E-state index in [0.717, 1.165) is 25.7 Å². The predicted molar refractivity (Wildman–Crippen MR) is 67.3 cm³/mol. The molecule has 90 valence electrons. The number of aryl methyl sites for hydroxylation is 1. The lowest BCUT2D eigenvalue weighted by Crippen LogP contribution is -2.13. The molecule has 0 amide bonds. The number of aliphatic hydroxyl groups excluding tert-OH is 1. The first kappa shape index (κ1) is 13.2. The van der Waals surface area contributed by atoms with Crippen molar-refractivity contribution in [2.45, 2.75) is 52.6 Å². The SMILES string of the molecule is CC(C)(C)CCC(O)CCc1cccnc1. The third-order valence-electron chi connectivity index (χ3n) is 2.72. The average molecular weight is 221 g/mol. The molecule has 16 heavy (non-hydrogen) atoms. The van der Waals surface area contributed by atoms with E-state index in [2.05, 4.69) is 31.8 Å². The van der Waals surface area contributed by atoms with Crippen LogP contribution in [0.15, 0.2) is 24.5 Å². The van der Waals surface area contributed by atoms with Crippen LogP contribution < -0.4 is 0 Å². The highest BCUT2D eigenvalue weighted by molar-refractivity contribution is 5.08. The highest BCUT2D eigenvalue weighted by Crippen LogP contribution is 2.22. The van der Waals surface area contributed by atoms with E-state index in [0.29, 0.717) is 5.41 Å². The summed E-state index contributed by atoms with van der Waals surface area (Å²) in [7, 11) is 0. The van der Waals surface area contributed by atoms with Crippen LogP contribution in [-0.2, 0) is 6.42 Å². The number of hydrogen-bond acceptors (Lipinski definition) is 2. The Morgan fingerprint density at radius 2 is 2.06 bits per heavy atom. The van der Waals surface area contributed by atoms with Crippen LogP contribution in [0.2, 0.25) is 0 Å². The van der Waals surface area contributed by atoms with Gasteiger partial charge in [-0.3, -0.25) is 4.98 Å². The maximum absolute atomic E-state index is 9.85. The minimum atomic E-state index is -0.181. The molecule has 1 rings (SSSR count). The Labute approximate surface area is 98.7 Å². The minimum Gasteiger partial charge on any atom is -0.393 e. The maximum atomic E-state index is 9.85. The van der Waals surface area contributed by atoms with E-state index in [9.17, 15) is 5.11 Å². The van der Waals surface area contributed by atoms with Crippen molar-refractivity contribution < 1.29 is 5.11 Å². The van der Waals surface area contributed by atoms with Gasteiger partial charge in [-0.25, -0.2) is 0 Å². The molecule has 0 bridgehead atoms.